The fourth-order valence-electron chi connectivity index (χ4n) is 0.742. The standard InChI is InChI=1S/C10H17O.Y/c1-8(2)10(4)6-5-9(3)7-11;/h9H,5-6H2,1-4H3;/q-1;. The fraction of sp³-hybridized carbons (Fsp3) is 0.700. The monoisotopic (exact) mass is 242 g/mol. The van der Waals surface area contributed by atoms with Crippen molar-refractivity contribution in [2.45, 2.75) is 40.5 Å². The normalized spacial score (nSPS) is 11.3. The first-order chi connectivity index (χ1) is 5.07. The van der Waals surface area contributed by atoms with E-state index in [2.05, 4.69) is 20.8 Å². The van der Waals surface area contributed by atoms with Crippen LogP contribution in [0.2, 0.25) is 0 Å². The molecule has 12 heavy (non-hydrogen) atoms. The second kappa shape index (κ2) is 8.13. The first-order valence-corrected chi connectivity index (χ1v) is 4.08. The second-order valence-electron chi connectivity index (χ2n) is 3.34. The van der Waals surface area contributed by atoms with Gasteiger partial charge >= 0.3 is 0 Å². The van der Waals surface area contributed by atoms with E-state index in [9.17, 15) is 4.79 Å². The van der Waals surface area contributed by atoms with Crippen LogP contribution in [0.25, 0.3) is 0 Å². The van der Waals surface area contributed by atoms with Crippen molar-refractivity contribution in [2.24, 2.45) is 5.92 Å². The van der Waals surface area contributed by atoms with Gasteiger partial charge in [0.25, 0.3) is 0 Å². The summed E-state index contributed by atoms with van der Waals surface area (Å²) in [7, 11) is 0. The maximum atomic E-state index is 10.1. The summed E-state index contributed by atoms with van der Waals surface area (Å²) in [6, 6.07) is 0. The number of rotatable bonds is 4. The van der Waals surface area contributed by atoms with Crippen LogP contribution in [0.1, 0.15) is 40.5 Å². The average molecular weight is 242 g/mol. The molecule has 0 aromatic heterocycles. The SMILES string of the molecule is CC(C)=C(C)CCC(C)[C-]=O.[Y]. The number of hydrogen-bond acceptors (Lipinski definition) is 1. The molecule has 0 N–H and O–H groups in total. The summed E-state index contributed by atoms with van der Waals surface area (Å²) < 4.78 is 0. The van der Waals surface area contributed by atoms with E-state index >= 15 is 0 Å². The van der Waals surface area contributed by atoms with Gasteiger partial charge in [0.1, 0.15) is 0 Å². The minimum atomic E-state index is 0. The van der Waals surface area contributed by atoms with Gasteiger partial charge in [-0.05, 0) is 27.2 Å². The molecule has 0 aromatic carbocycles. The molecule has 1 atom stereocenters. The van der Waals surface area contributed by atoms with Crippen LogP contribution in [0.3, 0.4) is 0 Å². The van der Waals surface area contributed by atoms with Crippen LogP contribution in [-0.4, -0.2) is 6.29 Å². The van der Waals surface area contributed by atoms with Crippen molar-refractivity contribution in [3.63, 3.8) is 0 Å². The van der Waals surface area contributed by atoms with E-state index in [0.717, 1.165) is 12.8 Å². The van der Waals surface area contributed by atoms with Crippen LogP contribution >= 0.6 is 0 Å². The Balaban J connectivity index is 0. The first-order valence-electron chi connectivity index (χ1n) is 4.08. The molecule has 0 amide bonds. The largest absolute Gasteiger partial charge is 0.542 e. The molecule has 0 rings (SSSR count). The first kappa shape index (κ1) is 15.0. The van der Waals surface area contributed by atoms with Gasteiger partial charge in [-0.2, -0.15) is 0 Å². The second-order valence-corrected chi connectivity index (χ2v) is 3.34. The zero-order valence-corrected chi connectivity index (χ0v) is 11.3. The molecule has 67 valence electrons. The predicted octanol–water partition coefficient (Wildman–Crippen LogP) is 2.87. The van der Waals surface area contributed by atoms with Crippen LogP contribution in [-0.2, 0) is 37.5 Å². The van der Waals surface area contributed by atoms with Crippen LogP contribution in [0, 0.1) is 5.92 Å². The Kier molecular flexibility index (Phi) is 10.2. The minimum absolute atomic E-state index is 0. The molecule has 1 nitrogen and oxygen atoms in total. The Labute approximate surface area is 101 Å². The van der Waals surface area contributed by atoms with Gasteiger partial charge < -0.3 is 4.79 Å². The average Bonchev–Trinajstić information content (AvgIpc) is 1.99. The fourth-order valence-corrected chi connectivity index (χ4v) is 0.742. The van der Waals surface area contributed by atoms with Gasteiger partial charge in [0.15, 0.2) is 0 Å². The summed E-state index contributed by atoms with van der Waals surface area (Å²) in [5.41, 5.74) is 2.76. The molecular weight excluding hydrogens is 225 g/mol. The molecule has 0 heterocycles. The third kappa shape index (κ3) is 7.18. The molecule has 0 aliphatic rings. The van der Waals surface area contributed by atoms with Gasteiger partial charge in [-0.25, -0.2) is 0 Å². The van der Waals surface area contributed by atoms with E-state index in [1.165, 1.54) is 11.1 Å². The van der Waals surface area contributed by atoms with Crippen molar-refractivity contribution in [1.82, 2.24) is 0 Å². The van der Waals surface area contributed by atoms with E-state index in [-0.39, 0.29) is 38.6 Å². The Morgan fingerprint density at radius 2 is 1.83 bits per heavy atom. The smallest absolute Gasteiger partial charge is 0 e. The zero-order chi connectivity index (χ0) is 8.85. The Hall–Kier alpha value is 0.514. The molecule has 0 saturated carbocycles. The molecule has 2 heteroatoms. The van der Waals surface area contributed by atoms with Crippen molar-refractivity contribution >= 4 is 6.29 Å². The summed E-state index contributed by atoms with van der Waals surface area (Å²) >= 11 is 0. The van der Waals surface area contributed by atoms with Crippen LogP contribution in [0.4, 0.5) is 0 Å². The minimum Gasteiger partial charge on any atom is -0.542 e. The number of allylic oxidation sites excluding steroid dienone is 2. The van der Waals surface area contributed by atoms with Crippen LogP contribution < -0.4 is 0 Å². The van der Waals surface area contributed by atoms with Crippen LogP contribution in [0.5, 0.6) is 0 Å². The molecule has 0 bridgehead atoms. The van der Waals surface area contributed by atoms with E-state index in [1.807, 2.05) is 13.2 Å². The molecule has 0 aliphatic carbocycles. The summed E-state index contributed by atoms with van der Waals surface area (Å²) in [5, 5.41) is 0. The molecule has 0 fully saturated rings. The third-order valence-corrected chi connectivity index (χ3v) is 2.01. The Morgan fingerprint density at radius 3 is 2.17 bits per heavy atom. The van der Waals surface area contributed by atoms with Gasteiger partial charge in [-0.15, -0.1) is 5.92 Å². The molecule has 0 saturated heterocycles. The van der Waals surface area contributed by atoms with Crippen molar-refractivity contribution in [1.29, 1.82) is 0 Å². The zero-order valence-electron chi connectivity index (χ0n) is 8.48. The molecule has 1 radical (unpaired) electrons. The van der Waals surface area contributed by atoms with Gasteiger partial charge in [0.05, 0.1) is 0 Å². The predicted molar refractivity (Wildman–Crippen MR) is 48.1 cm³/mol. The van der Waals surface area contributed by atoms with Crippen molar-refractivity contribution < 1.29 is 37.5 Å². The van der Waals surface area contributed by atoms with Crippen molar-refractivity contribution in [2.75, 3.05) is 0 Å². The van der Waals surface area contributed by atoms with E-state index in [4.69, 9.17) is 0 Å². The molecule has 1 unspecified atom stereocenters. The molecule has 0 spiro atoms. The molecule has 0 aliphatic heterocycles. The Morgan fingerprint density at radius 1 is 1.33 bits per heavy atom. The summed E-state index contributed by atoms with van der Waals surface area (Å²) in [6.45, 7) is 8.23. The topological polar surface area (TPSA) is 17.1 Å². The van der Waals surface area contributed by atoms with Gasteiger partial charge in [0.2, 0.25) is 0 Å². The number of carbonyl (C=O) groups excluding carboxylic acids is 1. The maximum absolute atomic E-state index is 10.1. The van der Waals surface area contributed by atoms with Gasteiger partial charge in [-0.3, -0.25) is 6.29 Å². The number of hydrogen-bond donors (Lipinski definition) is 0. The molecule has 0 aromatic rings. The third-order valence-electron chi connectivity index (χ3n) is 2.01. The maximum Gasteiger partial charge on any atom is 0 e. The molecular formula is C10H17OY-. The van der Waals surface area contributed by atoms with Gasteiger partial charge in [-0.1, -0.05) is 24.5 Å². The van der Waals surface area contributed by atoms with E-state index in [0.29, 0.717) is 0 Å². The van der Waals surface area contributed by atoms with Crippen molar-refractivity contribution in [3.8, 4) is 0 Å². The van der Waals surface area contributed by atoms with E-state index < -0.39 is 0 Å². The summed E-state index contributed by atoms with van der Waals surface area (Å²) in [5.74, 6) is 0.0873. The quantitative estimate of drug-likeness (QED) is 0.547. The summed E-state index contributed by atoms with van der Waals surface area (Å²) in [6.07, 6.45) is 3.94. The van der Waals surface area contributed by atoms with Gasteiger partial charge in [0, 0.05) is 32.7 Å². The van der Waals surface area contributed by atoms with Crippen molar-refractivity contribution in [3.05, 3.63) is 11.1 Å². The Bertz CT molecular complexity index is 157. The van der Waals surface area contributed by atoms with E-state index in [1.54, 1.807) is 0 Å². The summed E-state index contributed by atoms with van der Waals surface area (Å²) in [4.78, 5) is 10.1. The van der Waals surface area contributed by atoms with Crippen LogP contribution in [0.15, 0.2) is 11.1 Å².